The van der Waals surface area contributed by atoms with Crippen molar-refractivity contribution >= 4 is 61.7 Å². The molecule has 0 radical (unpaired) electrons. The zero-order chi connectivity index (χ0) is 20.1. The number of nitrogens with zero attached hydrogens (tertiary/aromatic N) is 1. The maximum atomic E-state index is 12.3. The predicted molar refractivity (Wildman–Crippen MR) is 120 cm³/mol. The van der Waals surface area contributed by atoms with Crippen molar-refractivity contribution in [3.05, 3.63) is 57.9 Å². The van der Waals surface area contributed by atoms with Crippen LogP contribution in [0.15, 0.2) is 57.9 Å². The monoisotopic (exact) mass is 475 g/mol. The number of aryl methyl sites for hydroxylation is 1. The van der Waals surface area contributed by atoms with Crippen molar-refractivity contribution in [3.8, 4) is 11.3 Å². The summed E-state index contributed by atoms with van der Waals surface area (Å²) >= 11 is 6.33. The Balaban J connectivity index is 1.57. The molecule has 28 heavy (non-hydrogen) atoms. The van der Waals surface area contributed by atoms with E-state index in [9.17, 15) is 9.59 Å². The second-order valence-corrected chi connectivity index (χ2v) is 9.14. The van der Waals surface area contributed by atoms with E-state index in [1.54, 1.807) is 0 Å². The lowest BCUT2D eigenvalue weighted by Crippen LogP contribution is -2.13. The van der Waals surface area contributed by atoms with Crippen LogP contribution in [0.2, 0.25) is 0 Å². The van der Waals surface area contributed by atoms with Crippen LogP contribution in [-0.2, 0) is 9.59 Å². The van der Waals surface area contributed by atoms with Gasteiger partial charge in [-0.15, -0.1) is 23.1 Å². The molecule has 0 fully saturated rings. The number of amides is 2. The van der Waals surface area contributed by atoms with Crippen molar-refractivity contribution in [2.24, 2.45) is 0 Å². The van der Waals surface area contributed by atoms with Crippen LogP contribution in [0, 0.1) is 6.92 Å². The largest absolute Gasteiger partial charge is 0.326 e. The van der Waals surface area contributed by atoms with Crippen molar-refractivity contribution in [2.75, 3.05) is 16.4 Å². The Morgan fingerprint density at radius 2 is 1.75 bits per heavy atom. The summed E-state index contributed by atoms with van der Waals surface area (Å²) in [6, 6.07) is 15.3. The minimum absolute atomic E-state index is 0.105. The van der Waals surface area contributed by atoms with Gasteiger partial charge >= 0.3 is 0 Å². The number of thiazole rings is 1. The maximum Gasteiger partial charge on any atom is 0.236 e. The summed E-state index contributed by atoms with van der Waals surface area (Å²) in [4.78, 5) is 29.9. The minimum atomic E-state index is -0.110. The Hall–Kier alpha value is -2.16. The Morgan fingerprint density at radius 3 is 2.39 bits per heavy atom. The summed E-state index contributed by atoms with van der Waals surface area (Å²) < 4.78 is 1.01. The molecule has 144 valence electrons. The minimum Gasteiger partial charge on any atom is -0.326 e. The number of thioether (sulfide) groups is 1. The van der Waals surface area contributed by atoms with Gasteiger partial charge in [-0.3, -0.25) is 9.59 Å². The predicted octanol–water partition coefficient (Wildman–Crippen LogP) is 5.57. The Labute approximate surface area is 180 Å². The Bertz CT molecular complexity index is 986. The van der Waals surface area contributed by atoms with Crippen molar-refractivity contribution in [2.45, 2.75) is 18.7 Å². The molecule has 0 saturated heterocycles. The van der Waals surface area contributed by atoms with E-state index in [-0.39, 0.29) is 17.6 Å². The summed E-state index contributed by atoms with van der Waals surface area (Å²) in [6.07, 6.45) is 0. The molecule has 0 aliphatic rings. The van der Waals surface area contributed by atoms with E-state index in [1.165, 1.54) is 30.0 Å². The van der Waals surface area contributed by atoms with Gasteiger partial charge < -0.3 is 10.6 Å². The lowest BCUT2D eigenvalue weighted by Gasteiger charge is -2.05. The molecule has 0 bridgehead atoms. The molecular formula is C20H18BrN3O2S2. The number of benzene rings is 2. The third-order valence-electron chi connectivity index (χ3n) is 3.71. The van der Waals surface area contributed by atoms with Gasteiger partial charge in [0.15, 0.2) is 5.13 Å². The van der Waals surface area contributed by atoms with Crippen LogP contribution in [0.5, 0.6) is 0 Å². The van der Waals surface area contributed by atoms with Crippen LogP contribution in [0.1, 0.15) is 11.8 Å². The van der Waals surface area contributed by atoms with Gasteiger partial charge in [0.1, 0.15) is 0 Å². The molecule has 1 aromatic heterocycles. The van der Waals surface area contributed by atoms with Gasteiger partial charge in [0.2, 0.25) is 11.8 Å². The maximum absolute atomic E-state index is 12.3. The highest BCUT2D eigenvalue weighted by molar-refractivity contribution is 9.10. The molecule has 0 atom stereocenters. The second-order valence-electron chi connectivity index (χ2n) is 5.97. The first-order chi connectivity index (χ1) is 13.4. The van der Waals surface area contributed by atoms with Crippen LogP contribution in [0.4, 0.5) is 10.8 Å². The molecule has 0 aliphatic carbocycles. The van der Waals surface area contributed by atoms with Crippen molar-refractivity contribution in [1.29, 1.82) is 0 Å². The van der Waals surface area contributed by atoms with Gasteiger partial charge in [0.25, 0.3) is 0 Å². The molecule has 2 aromatic carbocycles. The first-order valence-corrected chi connectivity index (χ1v) is 11.0. The number of carbonyl (C=O) groups excluding carboxylic acids is 2. The van der Waals surface area contributed by atoms with E-state index in [0.29, 0.717) is 5.13 Å². The average molecular weight is 476 g/mol. The highest BCUT2D eigenvalue weighted by Gasteiger charge is 2.12. The van der Waals surface area contributed by atoms with E-state index in [0.717, 1.165) is 31.2 Å². The number of carbonyl (C=O) groups is 2. The molecule has 3 aromatic rings. The average Bonchev–Trinajstić information content (AvgIpc) is 3.01. The third-order valence-corrected chi connectivity index (χ3v) is 6.13. The molecule has 0 spiro atoms. The Morgan fingerprint density at radius 1 is 1.07 bits per heavy atom. The van der Waals surface area contributed by atoms with E-state index < -0.39 is 0 Å². The Kier molecular flexibility index (Phi) is 6.88. The van der Waals surface area contributed by atoms with Crippen LogP contribution < -0.4 is 10.6 Å². The normalized spacial score (nSPS) is 10.5. The zero-order valence-corrected chi connectivity index (χ0v) is 18.5. The first kappa shape index (κ1) is 20.6. The fourth-order valence-electron chi connectivity index (χ4n) is 2.47. The number of hydrogen-bond acceptors (Lipinski definition) is 5. The van der Waals surface area contributed by atoms with Crippen LogP contribution in [0.25, 0.3) is 11.3 Å². The lowest BCUT2D eigenvalue weighted by molar-refractivity contribution is -0.114. The number of halogens is 1. The molecule has 2 amide bonds. The third kappa shape index (κ3) is 5.67. The summed E-state index contributed by atoms with van der Waals surface area (Å²) in [5, 5.41) is 6.19. The van der Waals surface area contributed by atoms with E-state index in [2.05, 4.69) is 31.5 Å². The van der Waals surface area contributed by atoms with Crippen LogP contribution in [0.3, 0.4) is 0 Å². The smallest absolute Gasteiger partial charge is 0.236 e. The standard InChI is InChI=1S/C20H18BrN3O2S2/c1-12-19(14-3-5-15(21)6-4-14)24-20(28-12)23-18(26)11-27-17-9-7-16(8-10-17)22-13(2)25/h3-10H,11H2,1-2H3,(H,22,25)(H,23,24,26). The van der Waals surface area contributed by atoms with E-state index >= 15 is 0 Å². The van der Waals surface area contributed by atoms with E-state index in [4.69, 9.17) is 0 Å². The van der Waals surface area contributed by atoms with Crippen molar-refractivity contribution < 1.29 is 9.59 Å². The first-order valence-electron chi connectivity index (χ1n) is 8.44. The summed E-state index contributed by atoms with van der Waals surface area (Å²) in [6.45, 7) is 3.46. The molecule has 8 heteroatoms. The van der Waals surface area contributed by atoms with Gasteiger partial charge in [-0.1, -0.05) is 28.1 Å². The topological polar surface area (TPSA) is 71.1 Å². The molecule has 3 rings (SSSR count). The number of aromatic nitrogens is 1. The molecule has 1 heterocycles. The fraction of sp³-hybridized carbons (Fsp3) is 0.150. The van der Waals surface area contributed by atoms with Gasteiger partial charge in [0, 0.05) is 32.4 Å². The van der Waals surface area contributed by atoms with Crippen molar-refractivity contribution in [3.63, 3.8) is 0 Å². The number of nitrogens with one attached hydrogen (secondary N) is 2. The number of rotatable bonds is 6. The zero-order valence-electron chi connectivity index (χ0n) is 15.3. The summed E-state index contributed by atoms with van der Waals surface area (Å²) in [5.74, 6) is 0.0687. The molecule has 0 aliphatic heterocycles. The summed E-state index contributed by atoms with van der Waals surface area (Å²) in [5.41, 5.74) is 2.64. The fourth-order valence-corrected chi connectivity index (χ4v) is 4.28. The second kappa shape index (κ2) is 9.36. The number of hydrogen-bond donors (Lipinski definition) is 2. The van der Waals surface area contributed by atoms with Gasteiger partial charge in [-0.2, -0.15) is 0 Å². The molecular weight excluding hydrogens is 458 g/mol. The SMILES string of the molecule is CC(=O)Nc1ccc(SCC(=O)Nc2nc(-c3ccc(Br)cc3)c(C)s2)cc1. The van der Waals surface area contributed by atoms with Crippen LogP contribution in [-0.4, -0.2) is 22.6 Å². The number of anilines is 2. The quantitative estimate of drug-likeness (QED) is 0.457. The molecule has 2 N–H and O–H groups in total. The molecule has 0 saturated carbocycles. The van der Waals surface area contributed by atoms with Crippen LogP contribution >= 0.6 is 39.0 Å². The summed E-state index contributed by atoms with van der Waals surface area (Å²) in [7, 11) is 0. The lowest BCUT2D eigenvalue weighted by atomic mass is 10.1. The highest BCUT2D eigenvalue weighted by Crippen LogP contribution is 2.31. The van der Waals surface area contributed by atoms with Gasteiger partial charge in [-0.05, 0) is 43.3 Å². The van der Waals surface area contributed by atoms with E-state index in [1.807, 2.05) is 55.5 Å². The molecule has 0 unspecified atom stereocenters. The molecule has 5 nitrogen and oxygen atoms in total. The van der Waals surface area contributed by atoms with Crippen molar-refractivity contribution in [1.82, 2.24) is 4.98 Å². The van der Waals surface area contributed by atoms with Gasteiger partial charge in [-0.25, -0.2) is 4.98 Å². The highest BCUT2D eigenvalue weighted by atomic mass is 79.9. The van der Waals surface area contributed by atoms with Gasteiger partial charge in [0.05, 0.1) is 11.4 Å².